The van der Waals surface area contributed by atoms with E-state index in [9.17, 15) is 4.79 Å². The Bertz CT molecular complexity index is 494. The molecule has 1 aromatic heterocycles. The van der Waals surface area contributed by atoms with E-state index in [1.54, 1.807) is 29.3 Å². The largest absolute Gasteiger partial charge is 0.396 e. The Hall–Kier alpha value is -1.39. The van der Waals surface area contributed by atoms with Gasteiger partial charge in [0.05, 0.1) is 0 Å². The monoisotopic (exact) mass is 308 g/mol. The Kier molecular flexibility index (Phi) is 5.76. The summed E-state index contributed by atoms with van der Waals surface area (Å²) in [6, 6.07) is 3.80. The number of hydrogen-bond acceptors (Lipinski definition) is 3. The molecule has 1 heterocycles. The van der Waals surface area contributed by atoms with Crippen LogP contribution in [-0.4, -0.2) is 40.6 Å². The van der Waals surface area contributed by atoms with Crippen LogP contribution in [0.25, 0.3) is 6.08 Å². The zero-order chi connectivity index (χ0) is 15.2. The van der Waals surface area contributed by atoms with Crippen LogP contribution in [0.2, 0.25) is 5.15 Å². The van der Waals surface area contributed by atoms with Gasteiger partial charge in [0.1, 0.15) is 5.15 Å². The lowest BCUT2D eigenvalue weighted by Crippen LogP contribution is -2.39. The maximum absolute atomic E-state index is 12.2. The van der Waals surface area contributed by atoms with E-state index >= 15 is 0 Å². The smallest absolute Gasteiger partial charge is 0.246 e. The average Bonchev–Trinajstić information content (AvgIpc) is 2.53. The van der Waals surface area contributed by atoms with Crippen molar-refractivity contribution < 1.29 is 9.90 Å². The number of rotatable bonds is 4. The van der Waals surface area contributed by atoms with Gasteiger partial charge in [0.2, 0.25) is 5.91 Å². The lowest BCUT2D eigenvalue weighted by Gasteiger charge is -2.33. The molecule has 1 amide bonds. The predicted molar refractivity (Wildman–Crippen MR) is 83.9 cm³/mol. The van der Waals surface area contributed by atoms with E-state index in [-0.39, 0.29) is 18.6 Å². The van der Waals surface area contributed by atoms with Gasteiger partial charge in [-0.3, -0.25) is 4.79 Å². The van der Waals surface area contributed by atoms with Gasteiger partial charge < -0.3 is 10.0 Å². The van der Waals surface area contributed by atoms with Crippen molar-refractivity contribution in [2.24, 2.45) is 5.92 Å². The minimum absolute atomic E-state index is 0.00241. The van der Waals surface area contributed by atoms with Gasteiger partial charge in [0.15, 0.2) is 0 Å². The summed E-state index contributed by atoms with van der Waals surface area (Å²) in [5.41, 5.74) is 0.852. The van der Waals surface area contributed by atoms with E-state index in [1.165, 1.54) is 0 Å². The van der Waals surface area contributed by atoms with Crippen molar-refractivity contribution in [2.45, 2.75) is 31.7 Å². The number of aromatic nitrogens is 1. The van der Waals surface area contributed by atoms with Crippen LogP contribution in [0.15, 0.2) is 24.4 Å². The normalized spacial score (nSPS) is 22.4. The third-order valence-corrected chi connectivity index (χ3v) is 4.36. The number of carbonyl (C=O) groups excluding carboxylic acids is 1. The quantitative estimate of drug-likeness (QED) is 0.687. The lowest BCUT2D eigenvalue weighted by molar-refractivity contribution is -0.127. The Balaban J connectivity index is 1.89. The van der Waals surface area contributed by atoms with Crippen molar-refractivity contribution in [3.05, 3.63) is 35.1 Å². The predicted octanol–water partition coefficient (Wildman–Crippen LogP) is 2.76. The number of carbonyl (C=O) groups is 1. The van der Waals surface area contributed by atoms with Gasteiger partial charge in [-0.15, -0.1) is 0 Å². The number of nitrogens with zero attached hydrogens (tertiary/aromatic N) is 2. The summed E-state index contributed by atoms with van der Waals surface area (Å²) in [6.07, 6.45) is 8.87. The van der Waals surface area contributed by atoms with E-state index in [0.29, 0.717) is 11.1 Å². The molecular formula is C16H21ClN2O2. The second kappa shape index (κ2) is 7.57. The highest BCUT2D eigenvalue weighted by molar-refractivity contribution is 6.29. The standard InChI is InChI=1S/C16H21ClN2O2/c1-19(14-6-2-13(11-20)3-7-14)16(21)9-5-12-4-8-15(17)18-10-12/h4-5,8-10,13-14,20H,2-3,6-7,11H2,1H3/b9-5+. The van der Waals surface area contributed by atoms with Crippen molar-refractivity contribution in [1.29, 1.82) is 0 Å². The fourth-order valence-electron chi connectivity index (χ4n) is 2.67. The molecule has 0 unspecified atom stereocenters. The van der Waals surface area contributed by atoms with E-state index in [2.05, 4.69) is 4.98 Å². The number of amides is 1. The molecule has 0 spiro atoms. The van der Waals surface area contributed by atoms with E-state index in [4.69, 9.17) is 16.7 Å². The minimum Gasteiger partial charge on any atom is -0.396 e. The van der Waals surface area contributed by atoms with Gasteiger partial charge >= 0.3 is 0 Å². The molecule has 1 aliphatic carbocycles. The first-order valence-electron chi connectivity index (χ1n) is 7.27. The van der Waals surface area contributed by atoms with Gasteiger partial charge in [-0.05, 0) is 49.3 Å². The van der Waals surface area contributed by atoms with Gasteiger partial charge in [-0.1, -0.05) is 17.7 Å². The molecule has 1 N–H and O–H groups in total. The molecule has 0 aliphatic heterocycles. The van der Waals surface area contributed by atoms with Crippen molar-refractivity contribution in [3.8, 4) is 0 Å². The Labute approximate surface area is 130 Å². The number of halogens is 1. The molecule has 1 saturated carbocycles. The molecule has 1 fully saturated rings. The summed E-state index contributed by atoms with van der Waals surface area (Å²) < 4.78 is 0. The van der Waals surface area contributed by atoms with Crippen LogP contribution in [-0.2, 0) is 4.79 Å². The maximum Gasteiger partial charge on any atom is 0.246 e. The number of aliphatic hydroxyl groups excluding tert-OH is 1. The SMILES string of the molecule is CN(C(=O)/C=C/c1ccc(Cl)nc1)C1CCC(CO)CC1. The van der Waals surface area contributed by atoms with Gasteiger partial charge in [0, 0.05) is 32.0 Å². The van der Waals surface area contributed by atoms with Crippen molar-refractivity contribution >= 4 is 23.6 Å². The summed E-state index contributed by atoms with van der Waals surface area (Å²) in [7, 11) is 1.84. The van der Waals surface area contributed by atoms with Crippen LogP contribution >= 0.6 is 11.6 Å². The number of hydrogen-bond donors (Lipinski definition) is 1. The highest BCUT2D eigenvalue weighted by atomic mass is 35.5. The molecular weight excluding hydrogens is 288 g/mol. The Morgan fingerprint density at radius 3 is 2.71 bits per heavy atom. The molecule has 0 saturated heterocycles. The summed E-state index contributed by atoms with van der Waals surface area (Å²) in [4.78, 5) is 18.0. The number of pyridine rings is 1. The number of likely N-dealkylation sites (N-methyl/N-ethyl adjacent to an activating group) is 1. The highest BCUT2D eigenvalue weighted by Crippen LogP contribution is 2.26. The molecule has 4 nitrogen and oxygen atoms in total. The second-order valence-corrected chi connectivity index (χ2v) is 5.94. The fourth-order valence-corrected chi connectivity index (χ4v) is 2.78. The summed E-state index contributed by atoms with van der Waals surface area (Å²) in [6.45, 7) is 0.258. The zero-order valence-electron chi connectivity index (χ0n) is 12.2. The molecule has 5 heteroatoms. The van der Waals surface area contributed by atoms with Gasteiger partial charge in [-0.2, -0.15) is 0 Å². The van der Waals surface area contributed by atoms with Crippen LogP contribution in [0.5, 0.6) is 0 Å². The summed E-state index contributed by atoms with van der Waals surface area (Å²) in [5, 5.41) is 9.59. The van der Waals surface area contributed by atoms with Crippen LogP contribution in [0.3, 0.4) is 0 Å². The first-order valence-corrected chi connectivity index (χ1v) is 7.65. The lowest BCUT2D eigenvalue weighted by atomic mass is 9.86. The van der Waals surface area contributed by atoms with Gasteiger partial charge in [0.25, 0.3) is 0 Å². The van der Waals surface area contributed by atoms with Crippen LogP contribution < -0.4 is 0 Å². The third kappa shape index (κ3) is 4.55. The molecule has 1 aromatic rings. The molecule has 21 heavy (non-hydrogen) atoms. The first kappa shape index (κ1) is 16.0. The second-order valence-electron chi connectivity index (χ2n) is 5.55. The molecule has 1 aliphatic rings. The first-order chi connectivity index (χ1) is 10.1. The Morgan fingerprint density at radius 1 is 1.43 bits per heavy atom. The van der Waals surface area contributed by atoms with Crippen molar-refractivity contribution in [2.75, 3.05) is 13.7 Å². The van der Waals surface area contributed by atoms with Crippen LogP contribution in [0.4, 0.5) is 0 Å². The Morgan fingerprint density at radius 2 is 2.14 bits per heavy atom. The fraction of sp³-hybridized carbons (Fsp3) is 0.500. The molecule has 114 valence electrons. The third-order valence-electron chi connectivity index (χ3n) is 4.14. The zero-order valence-corrected chi connectivity index (χ0v) is 13.0. The molecule has 0 radical (unpaired) electrons. The maximum atomic E-state index is 12.2. The summed E-state index contributed by atoms with van der Waals surface area (Å²) in [5.74, 6) is 0.401. The number of aliphatic hydroxyl groups is 1. The van der Waals surface area contributed by atoms with E-state index in [1.807, 2.05) is 13.1 Å². The van der Waals surface area contributed by atoms with Crippen LogP contribution in [0.1, 0.15) is 31.2 Å². The van der Waals surface area contributed by atoms with Crippen LogP contribution in [0, 0.1) is 5.92 Å². The summed E-state index contributed by atoms with van der Waals surface area (Å²) >= 11 is 5.72. The molecule has 0 bridgehead atoms. The topological polar surface area (TPSA) is 53.4 Å². The van der Waals surface area contributed by atoms with E-state index < -0.39 is 0 Å². The van der Waals surface area contributed by atoms with Crippen molar-refractivity contribution in [1.82, 2.24) is 9.88 Å². The van der Waals surface area contributed by atoms with Gasteiger partial charge in [-0.25, -0.2) is 4.98 Å². The minimum atomic E-state index is -0.00241. The molecule has 2 rings (SSSR count). The van der Waals surface area contributed by atoms with E-state index in [0.717, 1.165) is 31.2 Å². The van der Waals surface area contributed by atoms with Crippen molar-refractivity contribution in [3.63, 3.8) is 0 Å². The molecule has 0 atom stereocenters. The highest BCUT2D eigenvalue weighted by Gasteiger charge is 2.25. The molecule has 0 aromatic carbocycles. The average molecular weight is 309 g/mol.